The third-order valence-corrected chi connectivity index (χ3v) is 29.0. The summed E-state index contributed by atoms with van der Waals surface area (Å²) in [6.07, 6.45) is 76.7. The Morgan fingerprint density at radius 1 is 0.244 bits per heavy atom. The van der Waals surface area contributed by atoms with E-state index in [-0.39, 0.29) is 0 Å². The normalized spacial score (nSPS) is 45.7. The van der Waals surface area contributed by atoms with Crippen LogP contribution < -0.4 is 0 Å². The molecule has 0 radical (unpaired) electrons. The third kappa shape index (κ3) is 11.9. The lowest BCUT2D eigenvalue weighted by atomic mass is 9.47. The average Bonchev–Trinajstić information content (AvgIpc) is 3.53. The van der Waals surface area contributed by atoms with Gasteiger partial charge in [-0.2, -0.15) is 0 Å². The zero-order valence-corrected chi connectivity index (χ0v) is 51.4. The summed E-state index contributed by atoms with van der Waals surface area (Å²) in [5.41, 5.74) is 4.11. The molecule has 0 N–H and O–H groups in total. The van der Waals surface area contributed by atoms with Gasteiger partial charge in [0, 0.05) is 14.2 Å². The lowest BCUT2D eigenvalue weighted by molar-refractivity contribution is -0.117. The standard InChI is InChI=1S/C76H124O2/c1-77-73-49-70(56-41-45-58(46-42-56)76-65-37-21-17-33-61(65)72(62-34-18-22-38-66(62)76)48-68(53-27-11-5-12-28-53)54-29-13-6-14-30-54)74(78-2)50-69(73)55-39-43-57(44-40-55)75-63-35-19-15-31-59(63)71(60-32-16-20-36-64(60)75)47-67(51-23-7-3-8-24-51)52-25-9-4-10-26-52/h47-48,51-66,69-76H,3-46,49-50H2,1-2H3. The van der Waals surface area contributed by atoms with Crippen molar-refractivity contribution in [2.24, 2.45) is 130 Å². The summed E-state index contributed by atoms with van der Waals surface area (Å²) in [7, 11) is 4.25. The van der Waals surface area contributed by atoms with E-state index in [2.05, 4.69) is 37.5 Å². The molecule has 2 nitrogen and oxygen atoms in total. The van der Waals surface area contributed by atoms with Crippen LogP contribution in [-0.2, 0) is 9.47 Å². The molecule has 78 heavy (non-hydrogen) atoms. The lowest BCUT2D eigenvalue weighted by Crippen LogP contribution is -2.52. The van der Waals surface area contributed by atoms with Crippen molar-refractivity contribution in [2.75, 3.05) is 14.2 Å². The molecule has 2 heteroatoms. The van der Waals surface area contributed by atoms with Gasteiger partial charge in [0.1, 0.15) is 0 Å². The molecule has 12 unspecified atom stereocenters. The van der Waals surface area contributed by atoms with Gasteiger partial charge in [0.05, 0.1) is 12.2 Å². The van der Waals surface area contributed by atoms with Gasteiger partial charge in [0.15, 0.2) is 0 Å². The fourth-order valence-corrected chi connectivity index (χ4v) is 25.8. The summed E-state index contributed by atoms with van der Waals surface area (Å²) < 4.78 is 13.5. The van der Waals surface area contributed by atoms with Crippen molar-refractivity contribution in [3.05, 3.63) is 23.3 Å². The minimum atomic E-state index is 0.442. The smallest absolute Gasteiger partial charge is 0.0606 e. The molecule has 0 aliphatic heterocycles. The Morgan fingerprint density at radius 2 is 0.474 bits per heavy atom. The number of methoxy groups -OCH3 is 2. The Labute approximate surface area is 482 Å². The summed E-state index contributed by atoms with van der Waals surface area (Å²) >= 11 is 0. The number of ether oxygens (including phenoxy) is 2. The molecule has 0 aromatic heterocycles. The van der Waals surface area contributed by atoms with Gasteiger partial charge in [-0.25, -0.2) is 0 Å². The maximum Gasteiger partial charge on any atom is 0.0606 e. The van der Waals surface area contributed by atoms with E-state index >= 15 is 0 Å². The first-order chi connectivity index (χ1) is 38.6. The van der Waals surface area contributed by atoms with E-state index in [0.717, 1.165) is 118 Å². The van der Waals surface area contributed by atoms with Crippen molar-refractivity contribution >= 4 is 0 Å². The van der Waals surface area contributed by atoms with Gasteiger partial charge in [0.25, 0.3) is 0 Å². The zero-order chi connectivity index (χ0) is 52.4. The van der Waals surface area contributed by atoms with Crippen molar-refractivity contribution in [1.29, 1.82) is 0 Å². The maximum atomic E-state index is 6.77. The second kappa shape index (κ2) is 26.8. The molecule has 440 valence electrons. The molecule has 0 aromatic rings. The molecule has 0 heterocycles. The quantitative estimate of drug-likeness (QED) is 0.181. The van der Waals surface area contributed by atoms with Crippen LogP contribution in [0.2, 0.25) is 0 Å². The number of hydrogen-bond acceptors (Lipinski definition) is 2. The molecule has 13 aliphatic rings. The van der Waals surface area contributed by atoms with Gasteiger partial charge in [-0.3, -0.25) is 0 Å². The molecule has 13 rings (SSSR count). The first-order valence-corrected chi connectivity index (χ1v) is 37.1. The molecule has 0 spiro atoms. The highest BCUT2D eigenvalue weighted by Gasteiger charge is 2.56. The second-order valence-electron chi connectivity index (χ2n) is 32.1. The number of hydrogen-bond donors (Lipinski definition) is 0. The van der Waals surface area contributed by atoms with Crippen molar-refractivity contribution < 1.29 is 9.47 Å². The summed E-state index contributed by atoms with van der Waals surface area (Å²) in [6, 6.07) is 0. The van der Waals surface area contributed by atoms with E-state index in [1.54, 1.807) is 51.4 Å². The molecule has 0 amide bonds. The first-order valence-electron chi connectivity index (χ1n) is 37.1. The van der Waals surface area contributed by atoms with Crippen LogP contribution in [0.3, 0.4) is 0 Å². The summed E-state index contributed by atoms with van der Waals surface area (Å²) in [5, 5.41) is 0. The second-order valence-corrected chi connectivity index (χ2v) is 32.1. The number of fused-ring (bicyclic) bond motifs is 4. The highest BCUT2D eigenvalue weighted by molar-refractivity contribution is 5.20. The van der Waals surface area contributed by atoms with Crippen molar-refractivity contribution in [3.63, 3.8) is 0 Å². The molecule has 0 saturated heterocycles. The monoisotopic (exact) mass is 1070 g/mol. The molecule has 0 bridgehead atoms. The summed E-state index contributed by atoms with van der Waals surface area (Å²) in [4.78, 5) is 0. The van der Waals surface area contributed by atoms with Gasteiger partial charge < -0.3 is 9.47 Å². The first kappa shape index (κ1) is 56.5. The predicted molar refractivity (Wildman–Crippen MR) is 327 cm³/mol. The Kier molecular flexibility index (Phi) is 19.4. The van der Waals surface area contributed by atoms with E-state index in [9.17, 15) is 0 Å². The Hall–Kier alpha value is -0.600. The molecule has 13 saturated carbocycles. The van der Waals surface area contributed by atoms with Gasteiger partial charge in [-0.15, -0.1) is 0 Å². The number of rotatable bonds is 12. The van der Waals surface area contributed by atoms with Crippen LogP contribution in [0.4, 0.5) is 0 Å². The lowest BCUT2D eigenvalue weighted by Gasteiger charge is -2.58. The minimum Gasteiger partial charge on any atom is -0.381 e. The van der Waals surface area contributed by atoms with Crippen LogP contribution >= 0.6 is 0 Å². The van der Waals surface area contributed by atoms with Crippen LogP contribution in [0.1, 0.15) is 295 Å². The summed E-state index contributed by atoms with van der Waals surface area (Å²) in [5.74, 6) is 20.7. The highest BCUT2D eigenvalue weighted by atomic mass is 16.5. The fraction of sp³-hybridized carbons (Fsp3) is 0.947. The number of allylic oxidation sites excluding steroid dienone is 4. The van der Waals surface area contributed by atoms with Crippen molar-refractivity contribution in [1.82, 2.24) is 0 Å². The van der Waals surface area contributed by atoms with Gasteiger partial charge in [-0.05, 0) is 297 Å². The molecular formula is C76H124O2. The molecule has 13 aliphatic carbocycles. The zero-order valence-electron chi connectivity index (χ0n) is 51.4. The SMILES string of the molecule is COC1CC(C2CCC(C3C4CCCCC4C(C=C(C4CCCCC4)C4CCCCC4)C4CCCCC43)CC2)C(OC)CC1C1CCC(C2C3CCCCC3C(C=C(C3CCCCC3)C3CCCCC3)C3CCCCC32)CC1. The average molecular weight is 1070 g/mol. The van der Waals surface area contributed by atoms with Crippen LogP contribution in [0.25, 0.3) is 0 Å². The van der Waals surface area contributed by atoms with E-state index in [0.29, 0.717) is 24.0 Å². The minimum absolute atomic E-state index is 0.442. The van der Waals surface area contributed by atoms with Crippen LogP contribution in [0.5, 0.6) is 0 Å². The topological polar surface area (TPSA) is 18.5 Å². The van der Waals surface area contributed by atoms with Gasteiger partial charge in [0.2, 0.25) is 0 Å². The van der Waals surface area contributed by atoms with Crippen LogP contribution in [-0.4, -0.2) is 26.4 Å². The Balaban J connectivity index is 0.663. The van der Waals surface area contributed by atoms with E-state index in [1.807, 2.05) is 0 Å². The molecule has 12 atom stereocenters. The molecule has 13 fully saturated rings. The van der Waals surface area contributed by atoms with E-state index < -0.39 is 0 Å². The van der Waals surface area contributed by atoms with Crippen molar-refractivity contribution in [2.45, 2.75) is 308 Å². The van der Waals surface area contributed by atoms with Crippen LogP contribution in [0, 0.1) is 130 Å². The Bertz CT molecular complexity index is 1670. The fourth-order valence-electron chi connectivity index (χ4n) is 25.8. The van der Waals surface area contributed by atoms with Crippen molar-refractivity contribution in [3.8, 4) is 0 Å². The maximum absolute atomic E-state index is 6.77. The largest absolute Gasteiger partial charge is 0.381 e. The van der Waals surface area contributed by atoms with Gasteiger partial charge >= 0.3 is 0 Å². The van der Waals surface area contributed by atoms with E-state index in [4.69, 9.17) is 9.47 Å². The molecular weight excluding hydrogens is 945 g/mol. The molecule has 0 aromatic carbocycles. The predicted octanol–water partition coefficient (Wildman–Crippen LogP) is 21.5. The highest BCUT2D eigenvalue weighted by Crippen LogP contribution is 2.64. The third-order valence-electron chi connectivity index (χ3n) is 29.0. The summed E-state index contributed by atoms with van der Waals surface area (Å²) in [6.45, 7) is 0. The van der Waals surface area contributed by atoms with E-state index in [1.165, 1.54) is 244 Å². The van der Waals surface area contributed by atoms with Crippen LogP contribution in [0.15, 0.2) is 23.3 Å². The Morgan fingerprint density at radius 3 is 0.731 bits per heavy atom. The van der Waals surface area contributed by atoms with Gasteiger partial charge in [-0.1, -0.05) is 152 Å².